The summed E-state index contributed by atoms with van der Waals surface area (Å²) in [7, 11) is 0. The first-order valence-corrected chi connectivity index (χ1v) is 10.1. The van der Waals surface area contributed by atoms with E-state index in [1.807, 2.05) is 60.7 Å². The van der Waals surface area contributed by atoms with Crippen molar-refractivity contribution in [2.24, 2.45) is 0 Å². The van der Waals surface area contributed by atoms with E-state index in [9.17, 15) is 0 Å². The van der Waals surface area contributed by atoms with Crippen LogP contribution in [0.5, 0.6) is 0 Å². The van der Waals surface area contributed by atoms with Crippen molar-refractivity contribution in [2.45, 2.75) is 0 Å². The zero-order chi connectivity index (χ0) is 21.9. The highest BCUT2D eigenvalue weighted by Crippen LogP contribution is 2.31. The zero-order valence-electron chi connectivity index (χ0n) is 16.9. The number of aromatic nitrogens is 3. The Hall–Kier alpha value is -4.25. The Bertz CT molecular complexity index is 1290. The van der Waals surface area contributed by atoms with Gasteiger partial charge in [0.05, 0.1) is 5.56 Å². The summed E-state index contributed by atoms with van der Waals surface area (Å²) in [4.78, 5) is 13.7. The van der Waals surface area contributed by atoms with Crippen LogP contribution in [0.4, 0.5) is 8.78 Å². The Labute approximate surface area is 184 Å². The second-order valence-corrected chi connectivity index (χ2v) is 7.22. The van der Waals surface area contributed by atoms with Gasteiger partial charge in [-0.25, -0.2) is 23.7 Å². The highest BCUT2D eigenvalue weighted by molar-refractivity contribution is 5.71. The lowest BCUT2D eigenvalue weighted by atomic mass is 10.0. The van der Waals surface area contributed by atoms with Crippen LogP contribution >= 0.6 is 0 Å². The summed E-state index contributed by atoms with van der Waals surface area (Å²) in [5.41, 5.74) is 2.22. The molecule has 5 heteroatoms. The van der Waals surface area contributed by atoms with E-state index in [0.29, 0.717) is 17.2 Å². The standard InChI is InChI=1S/C27H17F2N3/c28-22-16-21(17-23(29)24(22)18-10-4-1-5-11-18)27-31-25(19-12-6-2-7-13-19)30-26(32-27)20-14-8-3-9-15-20/h1-17H. The minimum atomic E-state index is -0.672. The SMILES string of the molecule is Fc1cc(-c2nc(-c3ccccc3)nc(-c3ccccc3)n2)cc(F)c1-c1ccccc1. The molecule has 32 heavy (non-hydrogen) atoms. The number of nitrogens with zero attached hydrogens (tertiary/aromatic N) is 3. The molecule has 0 radical (unpaired) electrons. The fraction of sp³-hybridized carbons (Fsp3) is 0. The quantitative estimate of drug-likeness (QED) is 0.320. The normalized spacial score (nSPS) is 10.8. The second-order valence-electron chi connectivity index (χ2n) is 7.22. The van der Waals surface area contributed by atoms with Crippen LogP contribution in [0.1, 0.15) is 0 Å². The van der Waals surface area contributed by atoms with E-state index in [0.717, 1.165) is 11.1 Å². The predicted octanol–water partition coefficient (Wildman–Crippen LogP) is 6.82. The maximum Gasteiger partial charge on any atom is 0.164 e. The molecule has 3 nitrogen and oxygen atoms in total. The van der Waals surface area contributed by atoms with Crippen LogP contribution in [0.3, 0.4) is 0 Å². The molecule has 154 valence electrons. The maximum atomic E-state index is 15.0. The molecule has 1 heterocycles. The lowest BCUT2D eigenvalue weighted by molar-refractivity contribution is 0.590. The van der Waals surface area contributed by atoms with Crippen LogP contribution in [0.25, 0.3) is 45.3 Å². The summed E-state index contributed by atoms with van der Waals surface area (Å²) in [6.07, 6.45) is 0. The molecule has 0 amide bonds. The molecule has 0 saturated heterocycles. The highest BCUT2D eigenvalue weighted by atomic mass is 19.1. The summed E-state index contributed by atoms with van der Waals surface area (Å²) in [5, 5.41) is 0. The average molecular weight is 421 g/mol. The lowest BCUT2D eigenvalue weighted by Crippen LogP contribution is -2.01. The van der Waals surface area contributed by atoms with Crippen LogP contribution in [-0.2, 0) is 0 Å². The molecule has 0 spiro atoms. The summed E-state index contributed by atoms with van der Waals surface area (Å²) >= 11 is 0. The molecule has 5 aromatic rings. The van der Waals surface area contributed by atoms with E-state index < -0.39 is 11.6 Å². The van der Waals surface area contributed by atoms with Crippen LogP contribution < -0.4 is 0 Å². The minimum absolute atomic E-state index is 0.0741. The molecule has 0 aliphatic heterocycles. The largest absolute Gasteiger partial charge is 0.208 e. The fourth-order valence-electron chi connectivity index (χ4n) is 3.52. The molecule has 0 atom stereocenters. The molecule has 4 aromatic carbocycles. The average Bonchev–Trinajstić information content (AvgIpc) is 2.85. The van der Waals surface area contributed by atoms with Gasteiger partial charge in [0.15, 0.2) is 17.5 Å². The van der Waals surface area contributed by atoms with Gasteiger partial charge in [0, 0.05) is 16.7 Å². The molecule has 0 N–H and O–H groups in total. The Morgan fingerprint density at radius 2 is 0.750 bits per heavy atom. The summed E-state index contributed by atoms with van der Waals surface area (Å²) in [6.45, 7) is 0. The van der Waals surface area contributed by atoms with Crippen molar-refractivity contribution in [3.63, 3.8) is 0 Å². The zero-order valence-corrected chi connectivity index (χ0v) is 16.9. The van der Waals surface area contributed by atoms with Gasteiger partial charge in [-0.3, -0.25) is 0 Å². The van der Waals surface area contributed by atoms with Crippen LogP contribution in [0.2, 0.25) is 0 Å². The smallest absolute Gasteiger partial charge is 0.164 e. The number of rotatable bonds is 4. The minimum Gasteiger partial charge on any atom is -0.208 e. The highest BCUT2D eigenvalue weighted by Gasteiger charge is 2.17. The van der Waals surface area contributed by atoms with Gasteiger partial charge in [0.1, 0.15) is 11.6 Å². The van der Waals surface area contributed by atoms with Gasteiger partial charge in [-0.1, -0.05) is 91.0 Å². The molecule has 1 aromatic heterocycles. The van der Waals surface area contributed by atoms with Gasteiger partial charge < -0.3 is 0 Å². The number of halogens is 2. The Morgan fingerprint density at radius 3 is 1.16 bits per heavy atom. The van der Waals surface area contributed by atoms with E-state index in [2.05, 4.69) is 15.0 Å². The molecule has 0 bridgehead atoms. The van der Waals surface area contributed by atoms with Crippen molar-refractivity contribution in [3.05, 3.63) is 115 Å². The van der Waals surface area contributed by atoms with Gasteiger partial charge in [0.2, 0.25) is 0 Å². The Balaban J connectivity index is 1.68. The predicted molar refractivity (Wildman–Crippen MR) is 121 cm³/mol. The summed E-state index contributed by atoms with van der Waals surface area (Å²) in [5.74, 6) is -0.275. The molecule has 0 saturated carbocycles. The second kappa shape index (κ2) is 8.47. The summed E-state index contributed by atoms with van der Waals surface area (Å²) in [6, 6.07) is 30.0. The van der Waals surface area contributed by atoms with Gasteiger partial charge in [-0.15, -0.1) is 0 Å². The monoisotopic (exact) mass is 421 g/mol. The van der Waals surface area contributed by atoms with Crippen LogP contribution in [0, 0.1) is 11.6 Å². The topological polar surface area (TPSA) is 38.7 Å². The van der Waals surface area contributed by atoms with Crippen molar-refractivity contribution in [3.8, 4) is 45.3 Å². The fourth-order valence-corrected chi connectivity index (χ4v) is 3.52. The van der Waals surface area contributed by atoms with E-state index in [4.69, 9.17) is 0 Å². The molecule has 0 unspecified atom stereocenters. The van der Waals surface area contributed by atoms with Gasteiger partial charge in [-0.2, -0.15) is 0 Å². The first kappa shape index (κ1) is 19.7. The van der Waals surface area contributed by atoms with E-state index in [1.165, 1.54) is 12.1 Å². The third kappa shape index (κ3) is 3.88. The van der Waals surface area contributed by atoms with Crippen molar-refractivity contribution in [2.75, 3.05) is 0 Å². The molecular formula is C27H17F2N3. The summed E-state index contributed by atoms with van der Waals surface area (Å²) < 4.78 is 30.0. The molecule has 0 aliphatic carbocycles. The van der Waals surface area contributed by atoms with Crippen molar-refractivity contribution >= 4 is 0 Å². The first-order chi connectivity index (χ1) is 15.7. The molecule has 5 rings (SSSR count). The van der Waals surface area contributed by atoms with E-state index in [-0.39, 0.29) is 17.0 Å². The van der Waals surface area contributed by atoms with Crippen LogP contribution in [-0.4, -0.2) is 15.0 Å². The Kier molecular flexibility index (Phi) is 5.22. The van der Waals surface area contributed by atoms with E-state index in [1.54, 1.807) is 30.3 Å². The third-order valence-corrected chi connectivity index (χ3v) is 5.06. The van der Waals surface area contributed by atoms with Crippen molar-refractivity contribution in [1.29, 1.82) is 0 Å². The molecule has 0 fully saturated rings. The molecule has 0 aliphatic rings. The van der Waals surface area contributed by atoms with Crippen LogP contribution in [0.15, 0.2) is 103 Å². The first-order valence-electron chi connectivity index (χ1n) is 10.1. The van der Waals surface area contributed by atoms with Gasteiger partial charge >= 0.3 is 0 Å². The van der Waals surface area contributed by atoms with Crippen molar-refractivity contribution < 1.29 is 8.78 Å². The maximum absolute atomic E-state index is 15.0. The Morgan fingerprint density at radius 1 is 0.406 bits per heavy atom. The lowest BCUT2D eigenvalue weighted by Gasteiger charge is -2.10. The third-order valence-electron chi connectivity index (χ3n) is 5.06. The van der Waals surface area contributed by atoms with Crippen molar-refractivity contribution in [1.82, 2.24) is 15.0 Å². The van der Waals surface area contributed by atoms with Gasteiger partial charge in [0.25, 0.3) is 0 Å². The number of hydrogen-bond donors (Lipinski definition) is 0. The van der Waals surface area contributed by atoms with Gasteiger partial charge in [-0.05, 0) is 17.7 Å². The van der Waals surface area contributed by atoms with E-state index >= 15 is 8.78 Å². The molecular weight excluding hydrogens is 404 g/mol. The number of benzene rings is 4. The number of hydrogen-bond acceptors (Lipinski definition) is 3.